The molecule has 3 aromatic rings. The minimum atomic E-state index is 0.0764. The molecule has 0 fully saturated rings. The highest BCUT2D eigenvalue weighted by atomic mass is 15.4. The summed E-state index contributed by atoms with van der Waals surface area (Å²) < 4.78 is 1.92. The van der Waals surface area contributed by atoms with Gasteiger partial charge in [-0.05, 0) is 18.6 Å². The van der Waals surface area contributed by atoms with Gasteiger partial charge in [-0.25, -0.2) is 9.67 Å². The molecule has 1 unspecified atom stereocenters. The van der Waals surface area contributed by atoms with E-state index in [-0.39, 0.29) is 6.04 Å². The van der Waals surface area contributed by atoms with Crippen LogP contribution in [0.25, 0.3) is 17.1 Å². The second kappa shape index (κ2) is 5.78. The highest BCUT2D eigenvalue weighted by Gasteiger charge is 2.22. The van der Waals surface area contributed by atoms with Crippen molar-refractivity contribution in [3.05, 3.63) is 72.3 Å². The molecule has 0 saturated carbocycles. The van der Waals surface area contributed by atoms with E-state index in [1.165, 1.54) is 0 Å². The molecule has 0 aliphatic carbocycles. The maximum absolute atomic E-state index is 4.80. The number of nitrogens with zero attached hydrogens (tertiary/aromatic N) is 4. The van der Waals surface area contributed by atoms with Crippen molar-refractivity contribution < 1.29 is 0 Å². The third kappa shape index (κ3) is 2.55. The van der Waals surface area contributed by atoms with Crippen LogP contribution < -0.4 is 5.32 Å². The van der Waals surface area contributed by atoms with Crippen LogP contribution in [0.15, 0.2) is 60.9 Å². The Morgan fingerprint density at radius 2 is 2.04 bits per heavy atom. The second-order valence-electron chi connectivity index (χ2n) is 5.55. The van der Waals surface area contributed by atoms with Gasteiger partial charge in [-0.3, -0.25) is 4.98 Å². The van der Waals surface area contributed by atoms with Crippen molar-refractivity contribution in [2.45, 2.75) is 13.0 Å². The molecule has 4 rings (SSSR count). The van der Waals surface area contributed by atoms with E-state index in [0.717, 1.165) is 35.0 Å². The Balaban J connectivity index is 1.88. The van der Waals surface area contributed by atoms with Gasteiger partial charge in [0.05, 0.1) is 11.7 Å². The molecule has 1 atom stereocenters. The summed E-state index contributed by atoms with van der Waals surface area (Å²) in [4.78, 5) is 8.97. The number of pyridine rings is 1. The van der Waals surface area contributed by atoms with Crippen molar-refractivity contribution in [3.63, 3.8) is 0 Å². The average Bonchev–Trinajstić information content (AvgIpc) is 3.25. The molecular weight excluding hydrogens is 286 g/mol. The Hall–Kier alpha value is -2.79. The lowest BCUT2D eigenvalue weighted by atomic mass is 10.2. The molecule has 1 aliphatic rings. The minimum absolute atomic E-state index is 0.0764. The molecule has 0 amide bonds. The van der Waals surface area contributed by atoms with E-state index in [1.807, 2.05) is 54.2 Å². The highest BCUT2D eigenvalue weighted by molar-refractivity contribution is 5.55. The normalized spacial score (nSPS) is 16.8. The van der Waals surface area contributed by atoms with Gasteiger partial charge >= 0.3 is 0 Å². The van der Waals surface area contributed by atoms with E-state index in [4.69, 9.17) is 10.1 Å². The van der Waals surface area contributed by atoms with E-state index >= 15 is 0 Å². The summed E-state index contributed by atoms with van der Waals surface area (Å²) in [5.41, 5.74) is 3.09. The van der Waals surface area contributed by atoms with Gasteiger partial charge in [0, 0.05) is 24.5 Å². The molecule has 1 aromatic carbocycles. The fraction of sp³-hybridized carbons (Fsp3) is 0.167. The van der Waals surface area contributed by atoms with E-state index in [0.29, 0.717) is 0 Å². The molecule has 0 bridgehead atoms. The van der Waals surface area contributed by atoms with Gasteiger partial charge in [0.2, 0.25) is 0 Å². The van der Waals surface area contributed by atoms with Crippen molar-refractivity contribution >= 4 is 0 Å². The second-order valence-corrected chi connectivity index (χ2v) is 5.55. The first-order valence-electron chi connectivity index (χ1n) is 7.66. The molecule has 1 aliphatic heterocycles. The molecule has 5 heteroatoms. The smallest absolute Gasteiger partial charge is 0.181 e. The predicted octanol–water partition coefficient (Wildman–Crippen LogP) is 2.84. The Labute approximate surface area is 134 Å². The fourth-order valence-electron chi connectivity index (χ4n) is 2.76. The molecule has 5 nitrogen and oxygen atoms in total. The van der Waals surface area contributed by atoms with Crippen LogP contribution in [0.2, 0.25) is 0 Å². The van der Waals surface area contributed by atoms with Gasteiger partial charge in [-0.2, -0.15) is 0 Å². The molecule has 1 N–H and O–H groups in total. The first kappa shape index (κ1) is 13.8. The van der Waals surface area contributed by atoms with Crippen molar-refractivity contribution in [1.29, 1.82) is 0 Å². The maximum Gasteiger partial charge on any atom is 0.181 e. The molecule has 0 spiro atoms. The third-order valence-corrected chi connectivity index (χ3v) is 3.95. The van der Waals surface area contributed by atoms with Gasteiger partial charge < -0.3 is 5.32 Å². The van der Waals surface area contributed by atoms with E-state index in [2.05, 4.69) is 22.5 Å². The van der Waals surface area contributed by atoms with Gasteiger partial charge in [0.1, 0.15) is 0 Å². The molecule has 2 aromatic heterocycles. The minimum Gasteiger partial charge on any atom is -0.301 e. The summed E-state index contributed by atoms with van der Waals surface area (Å²) in [6.45, 7) is 2.89. The van der Waals surface area contributed by atoms with Crippen LogP contribution in [0.4, 0.5) is 0 Å². The summed E-state index contributed by atoms with van der Waals surface area (Å²) in [6.07, 6.45) is 7.88. The molecule has 0 saturated heterocycles. The fourth-order valence-corrected chi connectivity index (χ4v) is 2.76. The van der Waals surface area contributed by atoms with Crippen LogP contribution in [0, 0.1) is 6.92 Å². The zero-order valence-electron chi connectivity index (χ0n) is 12.8. The van der Waals surface area contributed by atoms with Crippen molar-refractivity contribution in [3.8, 4) is 17.1 Å². The largest absolute Gasteiger partial charge is 0.301 e. The third-order valence-electron chi connectivity index (χ3n) is 3.95. The van der Waals surface area contributed by atoms with Gasteiger partial charge in [-0.1, -0.05) is 42.5 Å². The van der Waals surface area contributed by atoms with Crippen LogP contribution >= 0.6 is 0 Å². The SMILES string of the molecule is Cc1cnccc1-n1nc(-c2ccccc2)nc1C1C=CCN1. The zero-order chi connectivity index (χ0) is 15.6. The summed E-state index contributed by atoms with van der Waals surface area (Å²) in [6, 6.07) is 12.1. The van der Waals surface area contributed by atoms with E-state index < -0.39 is 0 Å². The average molecular weight is 303 g/mol. The molecule has 3 heterocycles. The van der Waals surface area contributed by atoms with Crippen LogP contribution in [0.1, 0.15) is 17.4 Å². The van der Waals surface area contributed by atoms with Gasteiger partial charge in [0.15, 0.2) is 11.6 Å². The highest BCUT2D eigenvalue weighted by Crippen LogP contribution is 2.25. The zero-order valence-corrected chi connectivity index (χ0v) is 12.8. The first-order chi connectivity index (χ1) is 11.3. The Kier molecular flexibility index (Phi) is 3.48. The molecule has 114 valence electrons. The molecular formula is C18H17N5. The molecule has 0 radical (unpaired) electrons. The number of hydrogen-bond donors (Lipinski definition) is 1. The lowest BCUT2D eigenvalue weighted by Crippen LogP contribution is -2.19. The van der Waals surface area contributed by atoms with Crippen molar-refractivity contribution in [2.24, 2.45) is 0 Å². The van der Waals surface area contributed by atoms with Crippen molar-refractivity contribution in [2.75, 3.05) is 6.54 Å². The number of hydrogen-bond acceptors (Lipinski definition) is 4. The van der Waals surface area contributed by atoms with E-state index in [9.17, 15) is 0 Å². The van der Waals surface area contributed by atoms with Gasteiger partial charge in [-0.15, -0.1) is 5.10 Å². The van der Waals surface area contributed by atoms with Crippen LogP contribution in [-0.2, 0) is 0 Å². The summed E-state index contributed by atoms with van der Waals surface area (Å²) in [5, 5.41) is 8.18. The number of benzene rings is 1. The van der Waals surface area contributed by atoms with Crippen LogP contribution in [0.5, 0.6) is 0 Å². The number of nitrogens with one attached hydrogen (secondary N) is 1. The van der Waals surface area contributed by atoms with Crippen LogP contribution in [0.3, 0.4) is 0 Å². The number of rotatable bonds is 3. The quantitative estimate of drug-likeness (QED) is 0.756. The van der Waals surface area contributed by atoms with Gasteiger partial charge in [0.25, 0.3) is 0 Å². The topological polar surface area (TPSA) is 55.6 Å². The summed E-state index contributed by atoms with van der Waals surface area (Å²) in [5.74, 6) is 1.63. The number of aryl methyl sites for hydroxylation is 1. The Morgan fingerprint density at radius 3 is 2.78 bits per heavy atom. The first-order valence-corrected chi connectivity index (χ1v) is 7.66. The lowest BCUT2D eigenvalue weighted by molar-refractivity contribution is 0.638. The maximum atomic E-state index is 4.80. The summed E-state index contributed by atoms with van der Waals surface area (Å²) in [7, 11) is 0. The molecule has 23 heavy (non-hydrogen) atoms. The lowest BCUT2D eigenvalue weighted by Gasteiger charge is -2.12. The monoisotopic (exact) mass is 303 g/mol. The Bertz CT molecular complexity index is 851. The standard InChI is InChI=1S/C18H17N5/c1-13-12-19-11-9-16(13)23-18(15-8-5-10-20-15)21-17(22-23)14-6-3-2-4-7-14/h2-9,11-12,15,20H,10H2,1H3. The number of aromatic nitrogens is 4. The van der Waals surface area contributed by atoms with Crippen molar-refractivity contribution in [1.82, 2.24) is 25.1 Å². The Morgan fingerprint density at radius 1 is 1.17 bits per heavy atom. The van der Waals surface area contributed by atoms with E-state index in [1.54, 1.807) is 6.20 Å². The summed E-state index contributed by atoms with van der Waals surface area (Å²) >= 11 is 0. The van der Waals surface area contributed by atoms with Crippen LogP contribution in [-0.4, -0.2) is 26.3 Å². The predicted molar refractivity (Wildman–Crippen MR) is 89.2 cm³/mol.